The Morgan fingerprint density at radius 3 is 2.43 bits per heavy atom. The SMILES string of the molecule is CCOc1ccc(CC(=O)N(CCOC)CC(C)C)cc1. The lowest BCUT2D eigenvalue weighted by Gasteiger charge is -2.24. The average molecular weight is 293 g/mol. The van der Waals surface area contributed by atoms with Crippen molar-refractivity contribution in [1.82, 2.24) is 4.90 Å². The molecular formula is C17H27NO3. The van der Waals surface area contributed by atoms with Crippen LogP contribution in [0.1, 0.15) is 26.3 Å². The van der Waals surface area contributed by atoms with Crippen molar-refractivity contribution in [3.8, 4) is 5.75 Å². The van der Waals surface area contributed by atoms with Gasteiger partial charge in [-0.2, -0.15) is 0 Å². The van der Waals surface area contributed by atoms with Gasteiger partial charge in [-0.3, -0.25) is 4.79 Å². The molecule has 1 amide bonds. The van der Waals surface area contributed by atoms with Crippen LogP contribution in [0.4, 0.5) is 0 Å². The maximum absolute atomic E-state index is 12.4. The van der Waals surface area contributed by atoms with E-state index >= 15 is 0 Å². The summed E-state index contributed by atoms with van der Waals surface area (Å²) in [5.74, 6) is 1.43. The lowest BCUT2D eigenvalue weighted by atomic mass is 10.1. The second-order valence-corrected chi connectivity index (χ2v) is 5.48. The van der Waals surface area contributed by atoms with E-state index in [0.29, 0.717) is 32.1 Å². The lowest BCUT2D eigenvalue weighted by molar-refractivity contribution is -0.131. The Morgan fingerprint density at radius 1 is 1.24 bits per heavy atom. The largest absolute Gasteiger partial charge is 0.494 e. The van der Waals surface area contributed by atoms with Crippen molar-refractivity contribution >= 4 is 5.91 Å². The van der Waals surface area contributed by atoms with Crippen LogP contribution in [-0.2, 0) is 16.0 Å². The van der Waals surface area contributed by atoms with E-state index in [1.165, 1.54) is 0 Å². The normalized spacial score (nSPS) is 10.7. The van der Waals surface area contributed by atoms with Gasteiger partial charge in [0.1, 0.15) is 5.75 Å². The molecule has 118 valence electrons. The molecule has 0 saturated heterocycles. The number of carbonyl (C=O) groups excluding carboxylic acids is 1. The van der Waals surface area contributed by atoms with Gasteiger partial charge in [-0.1, -0.05) is 26.0 Å². The molecule has 1 rings (SSSR count). The molecule has 0 heterocycles. The molecule has 0 aliphatic carbocycles. The molecule has 0 spiro atoms. The summed E-state index contributed by atoms with van der Waals surface area (Å²) in [5, 5.41) is 0. The second-order valence-electron chi connectivity index (χ2n) is 5.48. The Labute approximate surface area is 128 Å². The molecule has 0 N–H and O–H groups in total. The van der Waals surface area contributed by atoms with E-state index in [9.17, 15) is 4.79 Å². The first kappa shape index (κ1) is 17.5. The molecule has 0 radical (unpaired) electrons. The van der Waals surface area contributed by atoms with E-state index in [4.69, 9.17) is 9.47 Å². The van der Waals surface area contributed by atoms with E-state index in [1.54, 1.807) is 7.11 Å². The zero-order chi connectivity index (χ0) is 15.7. The van der Waals surface area contributed by atoms with Crippen molar-refractivity contribution in [3.63, 3.8) is 0 Å². The highest BCUT2D eigenvalue weighted by atomic mass is 16.5. The number of amides is 1. The van der Waals surface area contributed by atoms with Crippen molar-refractivity contribution in [2.45, 2.75) is 27.2 Å². The number of ether oxygens (including phenoxy) is 2. The summed E-state index contributed by atoms with van der Waals surface area (Å²) >= 11 is 0. The summed E-state index contributed by atoms with van der Waals surface area (Å²) in [7, 11) is 1.66. The highest BCUT2D eigenvalue weighted by Gasteiger charge is 2.15. The molecule has 21 heavy (non-hydrogen) atoms. The van der Waals surface area contributed by atoms with Crippen LogP contribution in [0.5, 0.6) is 5.75 Å². The standard InChI is InChI=1S/C17H27NO3/c1-5-21-16-8-6-15(7-9-16)12-17(19)18(10-11-20-4)13-14(2)3/h6-9,14H,5,10-13H2,1-4H3. The molecule has 0 fully saturated rings. The fourth-order valence-corrected chi connectivity index (χ4v) is 2.12. The summed E-state index contributed by atoms with van der Waals surface area (Å²) in [4.78, 5) is 14.3. The second kappa shape index (κ2) is 9.40. The van der Waals surface area contributed by atoms with Gasteiger partial charge in [0, 0.05) is 20.2 Å². The first-order chi connectivity index (χ1) is 10.1. The fraction of sp³-hybridized carbons (Fsp3) is 0.588. The minimum absolute atomic E-state index is 0.143. The van der Waals surface area contributed by atoms with Gasteiger partial charge in [-0.25, -0.2) is 0 Å². The predicted octanol–water partition coefficient (Wildman–Crippen LogP) is 2.76. The van der Waals surface area contributed by atoms with Crippen LogP contribution in [0.25, 0.3) is 0 Å². The molecule has 0 aliphatic heterocycles. The van der Waals surface area contributed by atoms with Crippen LogP contribution in [-0.4, -0.2) is 44.2 Å². The van der Waals surface area contributed by atoms with Crippen LogP contribution in [0, 0.1) is 5.92 Å². The molecule has 4 nitrogen and oxygen atoms in total. The van der Waals surface area contributed by atoms with Crippen LogP contribution in [0.2, 0.25) is 0 Å². The van der Waals surface area contributed by atoms with Crippen molar-refractivity contribution in [2.75, 3.05) is 33.4 Å². The molecule has 0 aromatic heterocycles. The Bertz CT molecular complexity index is 415. The third-order valence-electron chi connectivity index (χ3n) is 3.09. The van der Waals surface area contributed by atoms with E-state index in [-0.39, 0.29) is 5.91 Å². The summed E-state index contributed by atoms with van der Waals surface area (Å²) in [6, 6.07) is 7.72. The van der Waals surface area contributed by atoms with Crippen LogP contribution in [0.3, 0.4) is 0 Å². The molecule has 0 bridgehead atoms. The summed E-state index contributed by atoms with van der Waals surface area (Å²) in [6.07, 6.45) is 0.419. The molecule has 0 aliphatic rings. The van der Waals surface area contributed by atoms with Gasteiger partial charge in [-0.05, 0) is 30.5 Å². The zero-order valence-electron chi connectivity index (χ0n) is 13.6. The highest BCUT2D eigenvalue weighted by molar-refractivity contribution is 5.78. The van der Waals surface area contributed by atoms with E-state index in [2.05, 4.69) is 13.8 Å². The number of rotatable bonds is 9. The molecule has 0 saturated carbocycles. The van der Waals surface area contributed by atoms with Crippen molar-refractivity contribution < 1.29 is 14.3 Å². The maximum atomic E-state index is 12.4. The van der Waals surface area contributed by atoms with Gasteiger partial charge in [0.05, 0.1) is 19.6 Å². The summed E-state index contributed by atoms with van der Waals surface area (Å²) < 4.78 is 10.5. The van der Waals surface area contributed by atoms with Gasteiger partial charge in [0.15, 0.2) is 0 Å². The van der Waals surface area contributed by atoms with Crippen molar-refractivity contribution in [3.05, 3.63) is 29.8 Å². The number of hydrogen-bond acceptors (Lipinski definition) is 3. The lowest BCUT2D eigenvalue weighted by Crippen LogP contribution is -2.37. The number of benzene rings is 1. The van der Waals surface area contributed by atoms with Gasteiger partial charge in [0.2, 0.25) is 5.91 Å². The van der Waals surface area contributed by atoms with E-state index in [0.717, 1.165) is 17.9 Å². The highest BCUT2D eigenvalue weighted by Crippen LogP contribution is 2.13. The third kappa shape index (κ3) is 6.63. The summed E-state index contributed by atoms with van der Waals surface area (Å²) in [5.41, 5.74) is 1.01. The Balaban J connectivity index is 2.62. The molecular weight excluding hydrogens is 266 g/mol. The number of nitrogens with zero attached hydrogens (tertiary/aromatic N) is 1. The topological polar surface area (TPSA) is 38.8 Å². The van der Waals surface area contributed by atoms with E-state index < -0.39 is 0 Å². The first-order valence-electron chi connectivity index (χ1n) is 7.55. The predicted molar refractivity (Wildman–Crippen MR) is 84.6 cm³/mol. The molecule has 1 aromatic rings. The number of methoxy groups -OCH3 is 1. The Morgan fingerprint density at radius 2 is 1.90 bits per heavy atom. The van der Waals surface area contributed by atoms with Crippen molar-refractivity contribution in [1.29, 1.82) is 0 Å². The quantitative estimate of drug-likeness (QED) is 0.703. The Kier molecular flexibility index (Phi) is 7.83. The zero-order valence-corrected chi connectivity index (χ0v) is 13.6. The number of carbonyl (C=O) groups is 1. The monoisotopic (exact) mass is 293 g/mol. The van der Waals surface area contributed by atoms with Gasteiger partial charge < -0.3 is 14.4 Å². The van der Waals surface area contributed by atoms with E-state index in [1.807, 2.05) is 36.1 Å². The average Bonchev–Trinajstić information content (AvgIpc) is 2.45. The van der Waals surface area contributed by atoms with Crippen LogP contribution < -0.4 is 4.74 Å². The first-order valence-corrected chi connectivity index (χ1v) is 7.55. The Hall–Kier alpha value is -1.55. The van der Waals surface area contributed by atoms with Crippen molar-refractivity contribution in [2.24, 2.45) is 5.92 Å². The third-order valence-corrected chi connectivity index (χ3v) is 3.09. The minimum atomic E-state index is 0.143. The smallest absolute Gasteiger partial charge is 0.227 e. The molecule has 1 aromatic carbocycles. The minimum Gasteiger partial charge on any atom is -0.494 e. The molecule has 0 atom stereocenters. The fourth-order valence-electron chi connectivity index (χ4n) is 2.12. The van der Waals surface area contributed by atoms with Crippen LogP contribution >= 0.6 is 0 Å². The molecule has 4 heteroatoms. The summed E-state index contributed by atoms with van der Waals surface area (Å²) in [6.45, 7) is 8.81. The van der Waals surface area contributed by atoms with Gasteiger partial charge >= 0.3 is 0 Å². The number of hydrogen-bond donors (Lipinski definition) is 0. The molecule has 0 unspecified atom stereocenters. The van der Waals surface area contributed by atoms with Crippen LogP contribution in [0.15, 0.2) is 24.3 Å². The van der Waals surface area contributed by atoms with Gasteiger partial charge in [0.25, 0.3) is 0 Å². The van der Waals surface area contributed by atoms with Gasteiger partial charge in [-0.15, -0.1) is 0 Å². The maximum Gasteiger partial charge on any atom is 0.227 e.